The molecule has 4 heteroatoms. The maximum atomic E-state index is 12.8. The molecule has 3 nitrogen and oxygen atoms in total. The quantitative estimate of drug-likeness (QED) is 0.888. The van der Waals surface area contributed by atoms with Crippen molar-refractivity contribution in [3.8, 4) is 5.75 Å². The van der Waals surface area contributed by atoms with Gasteiger partial charge in [0, 0.05) is 12.5 Å². The van der Waals surface area contributed by atoms with E-state index in [1.54, 1.807) is 19.2 Å². The van der Waals surface area contributed by atoms with Crippen molar-refractivity contribution in [3.63, 3.8) is 0 Å². The summed E-state index contributed by atoms with van der Waals surface area (Å²) in [7, 11) is 1.64. The van der Waals surface area contributed by atoms with Crippen molar-refractivity contribution in [1.82, 2.24) is 5.32 Å². The molecule has 23 heavy (non-hydrogen) atoms. The molecule has 0 radical (unpaired) electrons. The number of halogens is 1. The normalized spacial score (nSPS) is 19.2. The molecule has 1 amide bonds. The third-order valence-electron chi connectivity index (χ3n) is 4.30. The van der Waals surface area contributed by atoms with E-state index in [4.69, 9.17) is 4.74 Å². The van der Waals surface area contributed by atoms with E-state index in [1.165, 1.54) is 17.7 Å². The van der Waals surface area contributed by atoms with Gasteiger partial charge in [0.2, 0.25) is 5.91 Å². The standard InChI is InChI=1S/C19H20FNO2/c1-23-16-8-4-14(5-9-16)17-12-18(17)19(22)21-11-10-13-2-6-15(20)7-3-13/h2-9,17-18H,10-12H2,1H3,(H,21,22). The third kappa shape index (κ3) is 3.89. The highest BCUT2D eigenvalue weighted by Crippen LogP contribution is 2.47. The molecule has 120 valence electrons. The van der Waals surface area contributed by atoms with Crippen LogP contribution in [0.15, 0.2) is 48.5 Å². The number of nitrogens with one attached hydrogen (secondary N) is 1. The molecule has 0 saturated heterocycles. The minimum Gasteiger partial charge on any atom is -0.497 e. The first-order valence-corrected chi connectivity index (χ1v) is 7.83. The molecule has 2 aromatic rings. The number of amides is 1. The summed E-state index contributed by atoms with van der Waals surface area (Å²) in [5.74, 6) is 1.07. The van der Waals surface area contributed by atoms with Crippen LogP contribution in [-0.2, 0) is 11.2 Å². The topological polar surface area (TPSA) is 38.3 Å². The second-order valence-electron chi connectivity index (χ2n) is 5.89. The Hall–Kier alpha value is -2.36. The Bertz CT molecular complexity index is 667. The fourth-order valence-electron chi connectivity index (χ4n) is 2.82. The number of carbonyl (C=O) groups is 1. The van der Waals surface area contributed by atoms with Crippen LogP contribution in [0, 0.1) is 11.7 Å². The number of methoxy groups -OCH3 is 1. The van der Waals surface area contributed by atoms with E-state index in [-0.39, 0.29) is 17.6 Å². The van der Waals surface area contributed by atoms with E-state index in [0.717, 1.165) is 17.7 Å². The molecular formula is C19H20FNO2. The van der Waals surface area contributed by atoms with Crippen LogP contribution in [0.3, 0.4) is 0 Å². The molecule has 2 aromatic carbocycles. The predicted molar refractivity (Wildman–Crippen MR) is 87.0 cm³/mol. The second kappa shape index (κ2) is 6.82. The summed E-state index contributed by atoms with van der Waals surface area (Å²) in [6.07, 6.45) is 1.61. The molecule has 1 aliphatic rings. The van der Waals surface area contributed by atoms with Gasteiger partial charge in [-0.3, -0.25) is 4.79 Å². The van der Waals surface area contributed by atoms with Gasteiger partial charge in [-0.1, -0.05) is 24.3 Å². The molecule has 3 rings (SSSR count). The zero-order chi connectivity index (χ0) is 16.2. The molecule has 1 fully saturated rings. The number of ether oxygens (including phenoxy) is 1. The van der Waals surface area contributed by atoms with Crippen molar-refractivity contribution in [3.05, 3.63) is 65.5 Å². The van der Waals surface area contributed by atoms with Gasteiger partial charge in [0.05, 0.1) is 7.11 Å². The van der Waals surface area contributed by atoms with E-state index < -0.39 is 0 Å². The van der Waals surface area contributed by atoms with Crippen molar-refractivity contribution in [2.75, 3.05) is 13.7 Å². The summed E-state index contributed by atoms with van der Waals surface area (Å²) < 4.78 is 18.0. The maximum absolute atomic E-state index is 12.8. The van der Waals surface area contributed by atoms with Crippen molar-refractivity contribution in [1.29, 1.82) is 0 Å². The van der Waals surface area contributed by atoms with Gasteiger partial charge in [0.15, 0.2) is 0 Å². The van der Waals surface area contributed by atoms with E-state index in [2.05, 4.69) is 5.32 Å². The smallest absolute Gasteiger partial charge is 0.223 e. The minimum atomic E-state index is -0.238. The fraction of sp³-hybridized carbons (Fsp3) is 0.316. The number of hydrogen-bond acceptors (Lipinski definition) is 2. The monoisotopic (exact) mass is 313 g/mol. The zero-order valence-corrected chi connectivity index (χ0v) is 13.1. The number of rotatable bonds is 6. The molecule has 0 aromatic heterocycles. The second-order valence-corrected chi connectivity index (χ2v) is 5.89. The van der Waals surface area contributed by atoms with Gasteiger partial charge >= 0.3 is 0 Å². The van der Waals surface area contributed by atoms with Crippen LogP contribution in [0.1, 0.15) is 23.5 Å². The number of hydrogen-bond donors (Lipinski definition) is 1. The first-order chi connectivity index (χ1) is 11.2. The summed E-state index contributed by atoms with van der Waals surface area (Å²) in [6.45, 7) is 0.580. The summed E-state index contributed by atoms with van der Waals surface area (Å²) in [5, 5.41) is 2.97. The Labute approximate surface area is 135 Å². The predicted octanol–water partition coefficient (Wildman–Crippen LogP) is 3.30. The Kier molecular flexibility index (Phi) is 4.60. The van der Waals surface area contributed by atoms with Crippen LogP contribution in [-0.4, -0.2) is 19.6 Å². The van der Waals surface area contributed by atoms with Crippen molar-refractivity contribution in [2.24, 2.45) is 5.92 Å². The van der Waals surface area contributed by atoms with Crippen LogP contribution < -0.4 is 10.1 Å². The molecular weight excluding hydrogens is 293 g/mol. The van der Waals surface area contributed by atoms with Crippen molar-refractivity contribution < 1.29 is 13.9 Å². The van der Waals surface area contributed by atoms with Gasteiger partial charge in [0.1, 0.15) is 11.6 Å². The molecule has 2 atom stereocenters. The molecule has 0 bridgehead atoms. The summed E-state index contributed by atoms with van der Waals surface area (Å²) >= 11 is 0. The fourth-order valence-corrected chi connectivity index (χ4v) is 2.82. The first kappa shape index (κ1) is 15.5. The zero-order valence-electron chi connectivity index (χ0n) is 13.1. The van der Waals surface area contributed by atoms with Crippen molar-refractivity contribution in [2.45, 2.75) is 18.8 Å². The lowest BCUT2D eigenvalue weighted by molar-refractivity contribution is -0.122. The van der Waals surface area contributed by atoms with Crippen LogP contribution in [0.25, 0.3) is 0 Å². The lowest BCUT2D eigenvalue weighted by atomic mass is 10.1. The molecule has 0 heterocycles. The Balaban J connectivity index is 1.45. The molecule has 2 unspecified atom stereocenters. The van der Waals surface area contributed by atoms with Gasteiger partial charge in [-0.2, -0.15) is 0 Å². The van der Waals surface area contributed by atoms with Crippen molar-refractivity contribution >= 4 is 5.91 Å². The van der Waals surface area contributed by atoms with Crippen LogP contribution >= 0.6 is 0 Å². The van der Waals surface area contributed by atoms with Gasteiger partial charge in [-0.05, 0) is 54.2 Å². The Morgan fingerprint density at radius 2 is 1.87 bits per heavy atom. The maximum Gasteiger partial charge on any atom is 0.223 e. The Morgan fingerprint density at radius 3 is 2.52 bits per heavy atom. The van der Waals surface area contributed by atoms with Gasteiger partial charge in [-0.25, -0.2) is 4.39 Å². The average Bonchev–Trinajstić information content (AvgIpc) is 3.37. The first-order valence-electron chi connectivity index (χ1n) is 7.83. The summed E-state index contributed by atoms with van der Waals surface area (Å²) in [5.41, 5.74) is 2.21. The highest BCUT2D eigenvalue weighted by Gasteiger charge is 2.43. The molecule has 0 spiro atoms. The lowest BCUT2D eigenvalue weighted by Gasteiger charge is -2.06. The van der Waals surface area contributed by atoms with E-state index >= 15 is 0 Å². The summed E-state index contributed by atoms with van der Waals surface area (Å²) in [6, 6.07) is 14.3. The van der Waals surface area contributed by atoms with Crippen LogP contribution in [0.5, 0.6) is 5.75 Å². The summed E-state index contributed by atoms with van der Waals surface area (Å²) in [4.78, 5) is 12.2. The number of benzene rings is 2. The van der Waals surface area contributed by atoms with Gasteiger partial charge in [0.25, 0.3) is 0 Å². The molecule has 1 N–H and O–H groups in total. The highest BCUT2D eigenvalue weighted by molar-refractivity contribution is 5.82. The molecule has 1 saturated carbocycles. The molecule has 1 aliphatic carbocycles. The third-order valence-corrected chi connectivity index (χ3v) is 4.30. The van der Waals surface area contributed by atoms with E-state index in [1.807, 2.05) is 24.3 Å². The van der Waals surface area contributed by atoms with E-state index in [9.17, 15) is 9.18 Å². The van der Waals surface area contributed by atoms with Gasteiger partial charge in [-0.15, -0.1) is 0 Å². The SMILES string of the molecule is COc1ccc(C2CC2C(=O)NCCc2ccc(F)cc2)cc1. The van der Waals surface area contributed by atoms with E-state index in [0.29, 0.717) is 18.9 Å². The Morgan fingerprint density at radius 1 is 1.17 bits per heavy atom. The van der Waals surface area contributed by atoms with Gasteiger partial charge < -0.3 is 10.1 Å². The molecule has 0 aliphatic heterocycles. The van der Waals surface area contributed by atoms with Crippen LogP contribution in [0.4, 0.5) is 4.39 Å². The lowest BCUT2D eigenvalue weighted by Crippen LogP contribution is -2.27. The number of carbonyl (C=O) groups excluding carboxylic acids is 1. The minimum absolute atomic E-state index is 0.0663. The van der Waals surface area contributed by atoms with Crippen LogP contribution in [0.2, 0.25) is 0 Å². The average molecular weight is 313 g/mol. The largest absolute Gasteiger partial charge is 0.497 e. The highest BCUT2D eigenvalue weighted by atomic mass is 19.1.